The van der Waals surface area contributed by atoms with Gasteiger partial charge in [0.2, 0.25) is 0 Å². The Labute approximate surface area is 71.6 Å². The Morgan fingerprint density at radius 1 is 1.58 bits per heavy atom. The van der Waals surface area contributed by atoms with Crippen LogP contribution in [0.2, 0.25) is 0 Å². The van der Waals surface area contributed by atoms with Crippen LogP contribution in [-0.4, -0.2) is 22.4 Å². The fourth-order valence-electron chi connectivity index (χ4n) is 0.254. The molecule has 0 saturated heterocycles. The molecular weight excluding hydrogens is 183 g/mol. The predicted molar refractivity (Wildman–Crippen MR) is 44.9 cm³/mol. The third-order valence-corrected chi connectivity index (χ3v) is 0.624. The van der Waals surface area contributed by atoms with Crippen molar-refractivity contribution in [3.63, 3.8) is 0 Å². The number of esters is 1. The van der Waals surface area contributed by atoms with Gasteiger partial charge in [-0.1, -0.05) is 6.58 Å². The molecule has 0 atom stereocenters. The summed E-state index contributed by atoms with van der Waals surface area (Å²) >= 11 is 0. The van der Waals surface area contributed by atoms with Gasteiger partial charge in [0.1, 0.15) is 0 Å². The van der Waals surface area contributed by atoms with Gasteiger partial charge in [-0.15, -0.1) is 0 Å². The van der Waals surface area contributed by atoms with Crippen molar-refractivity contribution < 1.29 is 23.9 Å². The molecule has 0 rings (SSSR count). The summed E-state index contributed by atoms with van der Waals surface area (Å²) in [5, 5.41) is 0. The quantitative estimate of drug-likeness (QED) is 0.381. The van der Waals surface area contributed by atoms with E-state index in [2.05, 4.69) is 11.3 Å². The largest absolute Gasteiger partial charge is 0.463 e. The summed E-state index contributed by atoms with van der Waals surface area (Å²) in [5.74, 6) is -0.312. The molecule has 0 unspecified atom stereocenters. The van der Waals surface area contributed by atoms with E-state index in [-0.39, 0.29) is 5.97 Å². The lowest BCUT2D eigenvalue weighted by Crippen LogP contribution is -2.03. The van der Waals surface area contributed by atoms with Crippen molar-refractivity contribution in [2.75, 3.05) is 6.61 Å². The summed E-state index contributed by atoms with van der Waals surface area (Å²) in [4.78, 5) is 24.7. The molecule has 0 bridgehead atoms. The summed E-state index contributed by atoms with van der Waals surface area (Å²) in [6, 6.07) is 0. The van der Waals surface area contributed by atoms with Gasteiger partial charge in [-0.3, -0.25) is 4.57 Å². The van der Waals surface area contributed by atoms with E-state index in [1.165, 1.54) is 0 Å². The molecule has 2 N–H and O–H groups in total. The molecule has 0 aliphatic rings. The summed E-state index contributed by atoms with van der Waals surface area (Å²) in [6.45, 7) is 7.21. The molecule has 0 aromatic rings. The van der Waals surface area contributed by atoms with Gasteiger partial charge in [0.15, 0.2) is 0 Å². The van der Waals surface area contributed by atoms with Gasteiger partial charge in [0, 0.05) is 5.57 Å². The highest BCUT2D eigenvalue weighted by atomic mass is 31.1. The first-order chi connectivity index (χ1) is 5.41. The van der Waals surface area contributed by atoms with Crippen molar-refractivity contribution in [2.24, 2.45) is 0 Å². The molecule has 0 aromatic carbocycles. The van der Waals surface area contributed by atoms with E-state index >= 15 is 0 Å². The molecule has 6 heteroatoms. The van der Waals surface area contributed by atoms with E-state index in [0.717, 1.165) is 0 Å². The fourth-order valence-corrected chi connectivity index (χ4v) is 0.254. The normalized spacial score (nSPS) is 8.42. The highest BCUT2D eigenvalue weighted by molar-refractivity contribution is 7.30. The maximum atomic E-state index is 10.4. The van der Waals surface area contributed by atoms with Crippen molar-refractivity contribution in [2.45, 2.75) is 13.8 Å². The van der Waals surface area contributed by atoms with E-state index in [0.29, 0.717) is 12.2 Å². The van der Waals surface area contributed by atoms with Crippen LogP contribution >= 0.6 is 8.25 Å². The Kier molecular flexibility index (Phi) is 9.81. The minimum Gasteiger partial charge on any atom is -0.463 e. The molecule has 0 radical (unpaired) electrons. The molecule has 0 aliphatic heterocycles. The van der Waals surface area contributed by atoms with E-state index in [9.17, 15) is 4.79 Å². The maximum Gasteiger partial charge on any atom is 0.333 e. The molecule has 0 spiro atoms. The van der Waals surface area contributed by atoms with E-state index in [1.54, 1.807) is 13.8 Å². The first kappa shape index (κ1) is 13.9. The van der Waals surface area contributed by atoms with Crippen LogP contribution in [0.15, 0.2) is 12.2 Å². The second-order valence-electron chi connectivity index (χ2n) is 1.78. The summed E-state index contributed by atoms with van der Waals surface area (Å²) in [7, 11) is -3.13. The van der Waals surface area contributed by atoms with Gasteiger partial charge in [0.05, 0.1) is 6.61 Å². The zero-order valence-corrected chi connectivity index (χ0v) is 8.03. The molecule has 5 nitrogen and oxygen atoms in total. The van der Waals surface area contributed by atoms with Gasteiger partial charge in [0.25, 0.3) is 0 Å². The van der Waals surface area contributed by atoms with Crippen LogP contribution in [-0.2, 0) is 14.1 Å². The van der Waals surface area contributed by atoms with Crippen LogP contribution in [0.3, 0.4) is 0 Å². The molecule has 72 valence electrons. The molecule has 0 heterocycles. The average molecular weight is 196 g/mol. The number of rotatable bonds is 2. The first-order valence-corrected chi connectivity index (χ1v) is 4.46. The van der Waals surface area contributed by atoms with E-state index < -0.39 is 8.25 Å². The highest BCUT2D eigenvalue weighted by Gasteiger charge is 1.98. The third-order valence-electron chi connectivity index (χ3n) is 0.624. The molecular formula is C6H13O5P. The van der Waals surface area contributed by atoms with E-state index in [1.807, 2.05) is 0 Å². The summed E-state index contributed by atoms with van der Waals surface area (Å²) in [6.07, 6.45) is 0. The first-order valence-electron chi connectivity index (χ1n) is 3.16. The SMILES string of the molecule is C=C(C)C(=O)OCC.O=[PH](O)O. The molecule has 0 aliphatic carbocycles. The van der Waals surface area contributed by atoms with Crippen molar-refractivity contribution in [3.8, 4) is 0 Å². The van der Waals surface area contributed by atoms with Crippen molar-refractivity contribution in [1.82, 2.24) is 0 Å². The molecule has 0 fully saturated rings. The lowest BCUT2D eigenvalue weighted by molar-refractivity contribution is -0.138. The lowest BCUT2D eigenvalue weighted by Gasteiger charge is -1.96. The zero-order chi connectivity index (χ0) is 10.1. The van der Waals surface area contributed by atoms with Crippen molar-refractivity contribution in [1.29, 1.82) is 0 Å². The molecule has 0 amide bonds. The highest BCUT2D eigenvalue weighted by Crippen LogP contribution is 1.98. The summed E-state index contributed by atoms with van der Waals surface area (Å²) < 4.78 is 13.3. The standard InChI is InChI=1S/C6H10O2.H3O3P/c1-4-8-6(7)5(2)3;1-4(2)3/h2,4H2,1,3H3;4H,(H2,1,2,3). The van der Waals surface area contributed by atoms with Crippen LogP contribution in [0.25, 0.3) is 0 Å². The van der Waals surface area contributed by atoms with Gasteiger partial charge in [-0.05, 0) is 13.8 Å². The Hall–Kier alpha value is -0.640. The van der Waals surface area contributed by atoms with Gasteiger partial charge < -0.3 is 14.5 Å². The Morgan fingerprint density at radius 3 is 2.00 bits per heavy atom. The topological polar surface area (TPSA) is 83.8 Å². The van der Waals surface area contributed by atoms with Gasteiger partial charge in [-0.25, -0.2) is 4.79 Å². The van der Waals surface area contributed by atoms with Crippen LogP contribution in [0, 0.1) is 0 Å². The number of hydrogen-bond acceptors (Lipinski definition) is 3. The minimum atomic E-state index is -3.13. The number of hydrogen-bond donors (Lipinski definition) is 2. The van der Waals surface area contributed by atoms with Gasteiger partial charge in [-0.2, -0.15) is 0 Å². The second kappa shape index (κ2) is 8.46. The smallest absolute Gasteiger partial charge is 0.333 e. The number of carbonyl (C=O) groups excluding carboxylic acids is 1. The molecule has 0 aromatic heterocycles. The zero-order valence-electron chi connectivity index (χ0n) is 7.03. The van der Waals surface area contributed by atoms with Crippen LogP contribution in [0.1, 0.15) is 13.8 Å². The monoisotopic (exact) mass is 196 g/mol. The molecule has 0 saturated carbocycles. The minimum absolute atomic E-state index is 0.312. The van der Waals surface area contributed by atoms with Gasteiger partial charge >= 0.3 is 14.2 Å². The Morgan fingerprint density at radius 2 is 1.92 bits per heavy atom. The number of carbonyl (C=O) groups is 1. The fraction of sp³-hybridized carbons (Fsp3) is 0.500. The average Bonchev–Trinajstić information content (AvgIpc) is 1.86. The number of ether oxygens (including phenoxy) is 1. The van der Waals surface area contributed by atoms with Crippen LogP contribution < -0.4 is 0 Å². The third kappa shape index (κ3) is 16.2. The Bertz CT molecular complexity index is 173. The van der Waals surface area contributed by atoms with Crippen LogP contribution in [0.4, 0.5) is 0 Å². The van der Waals surface area contributed by atoms with Crippen molar-refractivity contribution >= 4 is 14.2 Å². The predicted octanol–water partition coefficient (Wildman–Crippen LogP) is 0.486. The maximum absolute atomic E-state index is 10.4. The second-order valence-corrected chi connectivity index (χ2v) is 2.35. The Balaban J connectivity index is 0. The van der Waals surface area contributed by atoms with Crippen molar-refractivity contribution in [3.05, 3.63) is 12.2 Å². The molecule has 12 heavy (non-hydrogen) atoms. The van der Waals surface area contributed by atoms with E-state index in [4.69, 9.17) is 14.4 Å². The van der Waals surface area contributed by atoms with Crippen LogP contribution in [0.5, 0.6) is 0 Å². The summed E-state index contributed by atoms with van der Waals surface area (Å²) in [5.41, 5.74) is 0.451. The lowest BCUT2D eigenvalue weighted by atomic mass is 10.4.